The van der Waals surface area contributed by atoms with Gasteiger partial charge >= 0.3 is 23.9 Å². The number of carboxylic acids is 4. The van der Waals surface area contributed by atoms with Gasteiger partial charge in [0.1, 0.15) is 24.2 Å². The van der Waals surface area contributed by atoms with Gasteiger partial charge in [-0.15, -0.1) is 0 Å². The summed E-state index contributed by atoms with van der Waals surface area (Å²) in [7, 11) is 0. The zero-order chi connectivity index (χ0) is 31.4. The maximum absolute atomic E-state index is 10.4. The second-order valence-corrected chi connectivity index (χ2v) is 9.48. The van der Waals surface area contributed by atoms with E-state index in [1.54, 1.807) is 27.7 Å². The third-order valence-electron chi connectivity index (χ3n) is 5.24. The van der Waals surface area contributed by atoms with Gasteiger partial charge in [0.05, 0.1) is 0 Å². The van der Waals surface area contributed by atoms with Crippen LogP contribution in [0.2, 0.25) is 0 Å². The molecule has 0 fully saturated rings. The number of carbonyl (C=O) groups is 4. The average Bonchev–Trinajstić information content (AvgIpc) is 2.89. The lowest BCUT2D eigenvalue weighted by molar-refractivity contribution is -0.140. The molecule has 0 aliphatic carbocycles. The molecule has 0 aliphatic rings. The van der Waals surface area contributed by atoms with Crippen LogP contribution >= 0.6 is 0 Å². The summed E-state index contributed by atoms with van der Waals surface area (Å²) in [5, 5.41) is 33.5. The Morgan fingerprint density at radius 1 is 0.525 bits per heavy atom. The van der Waals surface area contributed by atoms with Crippen molar-refractivity contribution >= 4 is 23.9 Å². The van der Waals surface area contributed by atoms with Crippen LogP contribution < -0.4 is 22.9 Å². The molecular weight excluding hydrogens is 520 g/mol. The molecule has 0 bridgehead atoms. The minimum absolute atomic E-state index is 0.0208. The van der Waals surface area contributed by atoms with E-state index in [1.807, 2.05) is 60.7 Å². The van der Waals surface area contributed by atoms with Crippen LogP contribution in [0.25, 0.3) is 0 Å². The highest BCUT2D eigenvalue weighted by Gasteiger charge is 2.15. The number of rotatable bonds is 10. The molecule has 224 valence electrons. The van der Waals surface area contributed by atoms with Crippen molar-refractivity contribution in [1.29, 1.82) is 0 Å². The molecule has 0 aromatic heterocycles. The predicted molar refractivity (Wildman–Crippen MR) is 152 cm³/mol. The Hall–Kier alpha value is -3.84. The Morgan fingerprint density at radius 2 is 0.775 bits per heavy atom. The molecule has 0 heterocycles. The first kappa shape index (κ1) is 38.3. The van der Waals surface area contributed by atoms with Crippen LogP contribution in [0.15, 0.2) is 60.7 Å². The fraction of sp³-hybridized carbons (Fsp3) is 0.429. The van der Waals surface area contributed by atoms with Crippen LogP contribution in [-0.4, -0.2) is 68.5 Å². The van der Waals surface area contributed by atoms with Crippen LogP contribution in [0, 0.1) is 11.8 Å². The molecule has 12 nitrogen and oxygen atoms in total. The normalized spacial score (nSPS) is 13.1. The minimum Gasteiger partial charge on any atom is -0.480 e. The van der Waals surface area contributed by atoms with E-state index in [0.717, 1.165) is 11.1 Å². The summed E-state index contributed by atoms with van der Waals surface area (Å²) >= 11 is 0. The van der Waals surface area contributed by atoms with Gasteiger partial charge in [-0.05, 0) is 35.8 Å². The maximum Gasteiger partial charge on any atom is 0.320 e. The fourth-order valence-corrected chi connectivity index (χ4v) is 2.48. The highest BCUT2D eigenvalue weighted by molar-refractivity contribution is 5.74. The molecule has 12 N–H and O–H groups in total. The molecule has 0 saturated heterocycles. The van der Waals surface area contributed by atoms with Crippen molar-refractivity contribution in [2.45, 2.75) is 64.7 Å². The standard InChI is InChI=1S/2C9H11NO2.2C5H11NO2/c2*10-8(9(11)12)6-7-4-2-1-3-5-7;2*1-3(2)4(6)5(7)8/h2*1-5,8H,6,10H2,(H,11,12);2*3-4H,6H2,1-2H3,(H,7,8). The predicted octanol–water partition coefficient (Wildman–Crippen LogP) is 1.39. The van der Waals surface area contributed by atoms with Gasteiger partial charge in [-0.2, -0.15) is 0 Å². The van der Waals surface area contributed by atoms with E-state index in [4.69, 9.17) is 43.4 Å². The Bertz CT molecular complexity index is 922. The molecule has 0 amide bonds. The van der Waals surface area contributed by atoms with Gasteiger partial charge in [-0.3, -0.25) is 19.2 Å². The molecule has 0 spiro atoms. The first-order chi connectivity index (χ1) is 18.5. The lowest BCUT2D eigenvalue weighted by Crippen LogP contribution is -2.34. The van der Waals surface area contributed by atoms with Gasteiger partial charge < -0.3 is 43.4 Å². The van der Waals surface area contributed by atoms with E-state index in [1.165, 1.54) is 0 Å². The third-order valence-corrected chi connectivity index (χ3v) is 5.24. The summed E-state index contributed by atoms with van der Waals surface area (Å²) in [5.41, 5.74) is 22.9. The highest BCUT2D eigenvalue weighted by atomic mass is 16.4. The van der Waals surface area contributed by atoms with Crippen molar-refractivity contribution in [3.05, 3.63) is 71.8 Å². The molecule has 2 aromatic rings. The Balaban J connectivity index is 0. The summed E-state index contributed by atoms with van der Waals surface area (Å²) in [5.74, 6) is -3.74. The fourth-order valence-electron chi connectivity index (χ4n) is 2.48. The van der Waals surface area contributed by atoms with Crippen molar-refractivity contribution < 1.29 is 39.6 Å². The zero-order valence-corrected chi connectivity index (χ0v) is 23.4. The molecule has 2 rings (SSSR count). The number of hydrogen-bond donors (Lipinski definition) is 8. The summed E-state index contributed by atoms with van der Waals surface area (Å²) in [6, 6.07) is 15.7. The molecule has 4 unspecified atom stereocenters. The average molecular weight is 565 g/mol. The quantitative estimate of drug-likeness (QED) is 0.204. The molecule has 0 saturated carbocycles. The van der Waals surface area contributed by atoms with Crippen LogP contribution in [0.4, 0.5) is 0 Å². The van der Waals surface area contributed by atoms with Crippen LogP contribution in [-0.2, 0) is 32.0 Å². The number of carboxylic acid groups (broad SMARTS) is 4. The summed E-state index contributed by atoms with van der Waals surface area (Å²) in [4.78, 5) is 40.8. The smallest absolute Gasteiger partial charge is 0.320 e. The topological polar surface area (TPSA) is 253 Å². The third kappa shape index (κ3) is 19.3. The van der Waals surface area contributed by atoms with E-state index in [0.29, 0.717) is 12.8 Å². The zero-order valence-electron chi connectivity index (χ0n) is 23.4. The molecule has 0 radical (unpaired) electrons. The van der Waals surface area contributed by atoms with Crippen molar-refractivity contribution in [2.24, 2.45) is 34.8 Å². The Labute approximate surface area is 235 Å². The largest absolute Gasteiger partial charge is 0.480 e. The van der Waals surface area contributed by atoms with E-state index in [9.17, 15) is 19.2 Å². The number of aliphatic carboxylic acids is 4. The second kappa shape index (κ2) is 21.0. The summed E-state index contributed by atoms with van der Waals surface area (Å²) in [6.45, 7) is 7.11. The monoisotopic (exact) mass is 564 g/mol. The number of nitrogens with two attached hydrogens (primary N) is 4. The Morgan fingerprint density at radius 3 is 0.925 bits per heavy atom. The van der Waals surface area contributed by atoms with Gasteiger partial charge in [0, 0.05) is 0 Å². The number of hydrogen-bond acceptors (Lipinski definition) is 8. The van der Waals surface area contributed by atoms with Crippen molar-refractivity contribution in [3.8, 4) is 0 Å². The molecule has 0 aliphatic heterocycles. The summed E-state index contributed by atoms with van der Waals surface area (Å²) in [6.07, 6.45) is 0.770. The van der Waals surface area contributed by atoms with E-state index in [2.05, 4.69) is 0 Å². The van der Waals surface area contributed by atoms with Crippen LogP contribution in [0.5, 0.6) is 0 Å². The maximum atomic E-state index is 10.4. The number of benzene rings is 2. The van der Waals surface area contributed by atoms with Gasteiger partial charge in [0.25, 0.3) is 0 Å². The lowest BCUT2D eigenvalue weighted by Gasteiger charge is -2.07. The minimum atomic E-state index is -0.959. The molecule has 2 aromatic carbocycles. The van der Waals surface area contributed by atoms with Gasteiger partial charge in [-0.25, -0.2) is 0 Å². The second-order valence-electron chi connectivity index (χ2n) is 9.48. The SMILES string of the molecule is CC(C)C(N)C(=O)O.CC(C)C(N)C(=O)O.NC(Cc1ccccc1)C(=O)O.NC(Cc1ccccc1)C(=O)O. The van der Waals surface area contributed by atoms with Gasteiger partial charge in [0.2, 0.25) is 0 Å². The van der Waals surface area contributed by atoms with Crippen molar-refractivity contribution in [2.75, 3.05) is 0 Å². The molecule has 12 heteroatoms. The highest BCUT2D eigenvalue weighted by Crippen LogP contribution is 2.02. The van der Waals surface area contributed by atoms with E-state index < -0.39 is 48.0 Å². The van der Waals surface area contributed by atoms with Crippen LogP contribution in [0.1, 0.15) is 38.8 Å². The summed E-state index contributed by atoms with van der Waals surface area (Å²) < 4.78 is 0. The van der Waals surface area contributed by atoms with Crippen molar-refractivity contribution in [1.82, 2.24) is 0 Å². The van der Waals surface area contributed by atoms with Gasteiger partial charge in [-0.1, -0.05) is 88.4 Å². The molecule has 4 atom stereocenters. The Kier molecular flexibility index (Phi) is 20.1. The molecule has 40 heavy (non-hydrogen) atoms. The van der Waals surface area contributed by atoms with Gasteiger partial charge in [0.15, 0.2) is 0 Å². The van der Waals surface area contributed by atoms with E-state index >= 15 is 0 Å². The first-order valence-corrected chi connectivity index (χ1v) is 12.5. The lowest BCUT2D eigenvalue weighted by atomic mass is 10.1. The molecular formula is C28H44N4O8. The van der Waals surface area contributed by atoms with Crippen molar-refractivity contribution in [3.63, 3.8) is 0 Å². The van der Waals surface area contributed by atoms with Crippen LogP contribution in [0.3, 0.4) is 0 Å². The first-order valence-electron chi connectivity index (χ1n) is 12.5. The van der Waals surface area contributed by atoms with E-state index in [-0.39, 0.29) is 11.8 Å².